The fourth-order valence-corrected chi connectivity index (χ4v) is 5.68. The van der Waals surface area contributed by atoms with Crippen molar-refractivity contribution in [3.8, 4) is 11.1 Å². The van der Waals surface area contributed by atoms with Crippen molar-refractivity contribution in [1.82, 2.24) is 9.62 Å². The monoisotopic (exact) mass is 444 g/mol. The van der Waals surface area contributed by atoms with Crippen LogP contribution in [0.1, 0.15) is 43.7 Å². The highest BCUT2D eigenvalue weighted by Crippen LogP contribution is 2.32. The topological polar surface area (TPSA) is 66.5 Å². The van der Waals surface area contributed by atoms with Crippen LogP contribution in [0.2, 0.25) is 0 Å². The van der Waals surface area contributed by atoms with Gasteiger partial charge >= 0.3 is 0 Å². The van der Waals surface area contributed by atoms with Crippen LogP contribution >= 0.6 is 0 Å². The maximum atomic E-state index is 15.7. The van der Waals surface area contributed by atoms with E-state index in [0.717, 1.165) is 30.4 Å². The van der Waals surface area contributed by atoms with Crippen LogP contribution in [-0.2, 0) is 27.7 Å². The summed E-state index contributed by atoms with van der Waals surface area (Å²) in [4.78, 5) is 14.8. The van der Waals surface area contributed by atoms with Gasteiger partial charge in [-0.2, -0.15) is 0 Å². The Balaban J connectivity index is 1.75. The van der Waals surface area contributed by atoms with E-state index in [1.165, 1.54) is 0 Å². The van der Waals surface area contributed by atoms with Crippen LogP contribution in [0, 0.1) is 5.82 Å². The molecule has 0 aromatic heterocycles. The molecule has 2 unspecified atom stereocenters. The molecule has 2 heterocycles. The van der Waals surface area contributed by atoms with Gasteiger partial charge in [0.25, 0.3) is 0 Å². The lowest BCUT2D eigenvalue weighted by molar-refractivity contribution is -0.132. The van der Waals surface area contributed by atoms with Crippen LogP contribution in [0.4, 0.5) is 4.39 Å². The highest BCUT2D eigenvalue weighted by atomic mass is 32.2. The third-order valence-electron chi connectivity index (χ3n) is 6.48. The fourth-order valence-electron chi connectivity index (χ4n) is 4.77. The van der Waals surface area contributed by atoms with Crippen LogP contribution < -0.4 is 4.72 Å². The smallest absolute Gasteiger partial charge is 0.222 e. The summed E-state index contributed by atoms with van der Waals surface area (Å²) < 4.78 is 42.9. The van der Waals surface area contributed by atoms with Gasteiger partial charge in [-0.15, -0.1) is 0 Å². The van der Waals surface area contributed by atoms with Crippen molar-refractivity contribution in [2.75, 3.05) is 12.3 Å². The maximum Gasteiger partial charge on any atom is 0.222 e. The molecular weight excluding hydrogens is 415 g/mol. The van der Waals surface area contributed by atoms with Gasteiger partial charge in [0.15, 0.2) is 0 Å². The number of hydrogen-bond acceptors (Lipinski definition) is 3. The SMILES string of the molecule is CCS(=O)(=O)NC1CCN2C(=O)CCCCc3ccccc3-c3cccc(c3F)CC12. The molecule has 0 aliphatic carbocycles. The first-order chi connectivity index (χ1) is 14.9. The number of nitrogens with zero attached hydrogens (tertiary/aromatic N) is 1. The van der Waals surface area contributed by atoms with Crippen molar-refractivity contribution in [3.63, 3.8) is 0 Å². The summed E-state index contributed by atoms with van der Waals surface area (Å²) in [7, 11) is -3.43. The van der Waals surface area contributed by atoms with E-state index in [-0.39, 0.29) is 23.9 Å². The predicted octanol–water partition coefficient (Wildman–Crippen LogP) is 3.67. The Morgan fingerprint density at radius 2 is 1.74 bits per heavy atom. The number of rotatable bonds is 3. The number of amides is 1. The maximum absolute atomic E-state index is 15.7. The zero-order valence-electron chi connectivity index (χ0n) is 17.8. The van der Waals surface area contributed by atoms with E-state index >= 15 is 4.39 Å². The minimum Gasteiger partial charge on any atom is -0.338 e. The summed E-state index contributed by atoms with van der Waals surface area (Å²) in [5, 5.41) is 0. The third kappa shape index (κ3) is 4.67. The molecule has 2 aromatic rings. The molecule has 2 aromatic carbocycles. The van der Waals surface area contributed by atoms with Gasteiger partial charge < -0.3 is 4.90 Å². The van der Waals surface area contributed by atoms with Crippen LogP contribution in [0.5, 0.6) is 0 Å². The molecule has 5 nitrogen and oxygen atoms in total. The molecule has 0 radical (unpaired) electrons. The van der Waals surface area contributed by atoms with E-state index in [1.54, 1.807) is 24.0 Å². The Labute approximate surface area is 183 Å². The first-order valence-corrected chi connectivity index (χ1v) is 12.7. The van der Waals surface area contributed by atoms with Gasteiger partial charge in [0.05, 0.1) is 11.8 Å². The summed E-state index contributed by atoms with van der Waals surface area (Å²) in [6, 6.07) is 12.4. The molecular formula is C24H29FN2O3S. The second-order valence-corrected chi connectivity index (χ2v) is 10.5. The number of carbonyl (C=O) groups is 1. The van der Waals surface area contributed by atoms with Crippen molar-refractivity contribution in [2.45, 2.75) is 57.5 Å². The average Bonchev–Trinajstić information content (AvgIpc) is 3.14. The number of fused-ring (bicyclic) bond motifs is 5. The van der Waals surface area contributed by atoms with E-state index in [1.807, 2.05) is 30.3 Å². The van der Waals surface area contributed by atoms with Gasteiger partial charge in [-0.3, -0.25) is 4.79 Å². The second-order valence-electron chi connectivity index (χ2n) is 8.42. The average molecular weight is 445 g/mol. The molecule has 4 rings (SSSR count). The molecule has 0 spiro atoms. The molecule has 1 amide bonds. The molecule has 2 aliphatic heterocycles. The van der Waals surface area contributed by atoms with Crippen LogP contribution in [0.15, 0.2) is 42.5 Å². The van der Waals surface area contributed by atoms with E-state index in [4.69, 9.17) is 0 Å². The van der Waals surface area contributed by atoms with Gasteiger partial charge in [-0.05, 0) is 55.7 Å². The van der Waals surface area contributed by atoms with Crippen molar-refractivity contribution in [2.24, 2.45) is 0 Å². The Hall–Kier alpha value is -2.25. The summed E-state index contributed by atoms with van der Waals surface area (Å²) in [6.45, 7) is 2.08. The minimum atomic E-state index is -3.43. The number of aryl methyl sites for hydroxylation is 1. The number of hydrogen-bond donors (Lipinski definition) is 1. The zero-order chi connectivity index (χ0) is 22.0. The number of sulfonamides is 1. The molecule has 2 atom stereocenters. The highest BCUT2D eigenvalue weighted by Gasteiger charge is 2.39. The summed E-state index contributed by atoms with van der Waals surface area (Å²) in [6.07, 6.45) is 3.63. The predicted molar refractivity (Wildman–Crippen MR) is 120 cm³/mol. The highest BCUT2D eigenvalue weighted by molar-refractivity contribution is 7.89. The third-order valence-corrected chi connectivity index (χ3v) is 7.90. The summed E-state index contributed by atoms with van der Waals surface area (Å²) in [5.74, 6) is -0.289. The first kappa shape index (κ1) is 22.0. The van der Waals surface area contributed by atoms with Crippen molar-refractivity contribution in [1.29, 1.82) is 0 Å². The van der Waals surface area contributed by atoms with E-state index < -0.39 is 22.1 Å². The molecule has 31 heavy (non-hydrogen) atoms. The molecule has 7 heteroatoms. The van der Waals surface area contributed by atoms with Crippen molar-refractivity contribution < 1.29 is 17.6 Å². The largest absolute Gasteiger partial charge is 0.338 e. The Kier molecular flexibility index (Phi) is 6.44. The van der Waals surface area contributed by atoms with E-state index in [9.17, 15) is 13.2 Å². The lowest BCUT2D eigenvalue weighted by atomic mass is 9.92. The van der Waals surface area contributed by atoms with Gasteiger partial charge in [-0.25, -0.2) is 17.5 Å². The number of halogens is 1. The normalized spacial score (nSPS) is 22.1. The van der Waals surface area contributed by atoms with Gasteiger partial charge in [-0.1, -0.05) is 42.5 Å². The summed E-state index contributed by atoms with van der Waals surface area (Å²) >= 11 is 0. The number of carbonyl (C=O) groups excluding carboxylic acids is 1. The molecule has 2 bridgehead atoms. The number of nitrogens with one attached hydrogen (secondary N) is 1. The van der Waals surface area contributed by atoms with E-state index in [0.29, 0.717) is 30.5 Å². The second kappa shape index (κ2) is 9.09. The molecule has 166 valence electrons. The van der Waals surface area contributed by atoms with Crippen LogP contribution in [0.25, 0.3) is 11.1 Å². The van der Waals surface area contributed by atoms with Crippen LogP contribution in [-0.4, -0.2) is 43.6 Å². The molecule has 1 saturated heterocycles. The Bertz CT molecular complexity index is 1070. The van der Waals surface area contributed by atoms with E-state index in [2.05, 4.69) is 4.72 Å². The standard InChI is InChI=1S/C24H29FN2O3S/c1-2-31(29,30)26-21-14-15-27-22(21)16-18-10-7-12-20(24(18)25)19-11-5-3-8-17(19)9-4-6-13-23(27)28/h3,5,7-8,10-12,21-22,26H,2,4,6,9,13-16H2,1H3. The molecule has 1 fully saturated rings. The van der Waals surface area contributed by atoms with Crippen molar-refractivity contribution >= 4 is 15.9 Å². The Morgan fingerprint density at radius 3 is 2.55 bits per heavy atom. The minimum absolute atomic E-state index is 0.0206. The van der Waals surface area contributed by atoms with Gasteiger partial charge in [0, 0.05) is 24.6 Å². The van der Waals surface area contributed by atoms with Gasteiger partial charge in [0.1, 0.15) is 5.82 Å². The fraction of sp³-hybridized carbons (Fsp3) is 0.458. The molecule has 2 aliphatic rings. The van der Waals surface area contributed by atoms with Crippen molar-refractivity contribution in [3.05, 3.63) is 59.4 Å². The first-order valence-electron chi connectivity index (χ1n) is 11.0. The lowest BCUT2D eigenvalue weighted by Crippen LogP contribution is -2.48. The Morgan fingerprint density at radius 1 is 1.03 bits per heavy atom. The van der Waals surface area contributed by atoms with Crippen LogP contribution in [0.3, 0.4) is 0 Å². The summed E-state index contributed by atoms with van der Waals surface area (Å²) in [5.41, 5.74) is 3.05. The number of benzene rings is 2. The molecule has 1 N–H and O–H groups in total. The molecule has 0 saturated carbocycles. The quantitative estimate of drug-likeness (QED) is 0.786. The zero-order valence-corrected chi connectivity index (χ0v) is 18.6. The lowest BCUT2D eigenvalue weighted by Gasteiger charge is -2.29. The van der Waals surface area contributed by atoms with Gasteiger partial charge in [0.2, 0.25) is 15.9 Å².